The lowest BCUT2D eigenvalue weighted by Crippen LogP contribution is -2.28. The van der Waals surface area contributed by atoms with Crippen LogP contribution >= 0.6 is 0 Å². The summed E-state index contributed by atoms with van der Waals surface area (Å²) < 4.78 is 10.6. The Hall–Kier alpha value is -1.75. The van der Waals surface area contributed by atoms with E-state index in [9.17, 15) is 4.79 Å². The first-order valence-electron chi connectivity index (χ1n) is 7.64. The van der Waals surface area contributed by atoms with Crippen molar-refractivity contribution < 1.29 is 14.3 Å². The van der Waals surface area contributed by atoms with Crippen LogP contribution in [-0.4, -0.2) is 25.3 Å². The molecule has 0 radical (unpaired) electrons. The van der Waals surface area contributed by atoms with Crippen LogP contribution in [-0.2, 0) is 11.2 Å². The lowest BCUT2D eigenvalue weighted by atomic mass is 9.95. The number of hydrogen-bond acceptors (Lipinski definition) is 4. The smallest absolute Gasteiger partial charge is 0.412 e. The fraction of sp³-hybridized carbons (Fsp3) is 0.588. The molecule has 0 bridgehead atoms. The van der Waals surface area contributed by atoms with Gasteiger partial charge in [0.15, 0.2) is 0 Å². The minimum atomic E-state index is -0.530. The van der Waals surface area contributed by atoms with E-state index in [1.807, 2.05) is 39.0 Å². The van der Waals surface area contributed by atoms with Crippen molar-refractivity contribution in [2.45, 2.75) is 45.6 Å². The van der Waals surface area contributed by atoms with Gasteiger partial charge in [0.2, 0.25) is 0 Å². The molecule has 1 saturated carbocycles. The van der Waals surface area contributed by atoms with E-state index in [1.165, 1.54) is 0 Å². The maximum Gasteiger partial charge on any atom is 0.412 e. The number of nitrogens with two attached hydrogens (primary N) is 1. The van der Waals surface area contributed by atoms with Crippen molar-refractivity contribution >= 4 is 11.8 Å². The van der Waals surface area contributed by atoms with Gasteiger partial charge >= 0.3 is 6.09 Å². The van der Waals surface area contributed by atoms with Gasteiger partial charge < -0.3 is 15.2 Å². The summed E-state index contributed by atoms with van der Waals surface area (Å²) in [6, 6.07) is 5.72. The third-order valence-electron chi connectivity index (χ3n) is 3.91. The summed E-state index contributed by atoms with van der Waals surface area (Å²) in [7, 11) is 1.61. The summed E-state index contributed by atoms with van der Waals surface area (Å²) >= 11 is 0. The molecule has 0 saturated heterocycles. The lowest BCUT2D eigenvalue weighted by Gasteiger charge is -2.21. The van der Waals surface area contributed by atoms with Crippen molar-refractivity contribution in [2.75, 3.05) is 19.0 Å². The first-order valence-corrected chi connectivity index (χ1v) is 7.64. The molecule has 0 atom stereocenters. The number of rotatable bonds is 5. The van der Waals surface area contributed by atoms with E-state index in [-0.39, 0.29) is 5.41 Å². The van der Waals surface area contributed by atoms with Gasteiger partial charge in [-0.2, -0.15) is 0 Å². The molecule has 0 aliphatic heterocycles. The summed E-state index contributed by atoms with van der Waals surface area (Å²) in [5.74, 6) is 0.701. The van der Waals surface area contributed by atoms with E-state index < -0.39 is 11.7 Å². The first-order chi connectivity index (χ1) is 10.3. The van der Waals surface area contributed by atoms with Gasteiger partial charge in [0.1, 0.15) is 11.4 Å². The Morgan fingerprint density at radius 2 is 2.05 bits per heavy atom. The van der Waals surface area contributed by atoms with Crippen LogP contribution < -0.4 is 15.8 Å². The van der Waals surface area contributed by atoms with E-state index in [0.29, 0.717) is 12.3 Å². The Morgan fingerprint density at radius 3 is 2.55 bits per heavy atom. The summed E-state index contributed by atoms with van der Waals surface area (Å²) in [6.45, 7) is 6.19. The molecule has 0 spiro atoms. The normalized spacial score (nSPS) is 16.0. The van der Waals surface area contributed by atoms with Gasteiger partial charge in [-0.15, -0.1) is 0 Å². The van der Waals surface area contributed by atoms with Crippen LogP contribution in [0.3, 0.4) is 0 Å². The first kappa shape index (κ1) is 16.6. The Balaban J connectivity index is 2.17. The Labute approximate surface area is 132 Å². The number of anilines is 1. The Bertz CT molecular complexity index is 545. The molecule has 1 aliphatic carbocycles. The van der Waals surface area contributed by atoms with E-state index in [4.69, 9.17) is 15.2 Å². The molecule has 22 heavy (non-hydrogen) atoms. The molecule has 1 aromatic carbocycles. The Morgan fingerprint density at radius 1 is 1.36 bits per heavy atom. The topological polar surface area (TPSA) is 73.6 Å². The number of hydrogen-bond donors (Lipinski definition) is 2. The average molecular weight is 306 g/mol. The van der Waals surface area contributed by atoms with Crippen LogP contribution in [0.4, 0.5) is 10.5 Å². The molecule has 1 fully saturated rings. The summed E-state index contributed by atoms with van der Waals surface area (Å²) in [4.78, 5) is 12.0. The zero-order valence-electron chi connectivity index (χ0n) is 13.9. The van der Waals surface area contributed by atoms with Crippen molar-refractivity contribution in [3.63, 3.8) is 0 Å². The third-order valence-corrected chi connectivity index (χ3v) is 3.91. The number of carbonyl (C=O) groups excluding carboxylic acids is 1. The minimum Gasteiger partial charge on any atom is -0.497 e. The molecule has 1 amide bonds. The maximum atomic E-state index is 12.0. The molecule has 1 aromatic rings. The van der Waals surface area contributed by atoms with Crippen LogP contribution in [0.5, 0.6) is 5.75 Å². The van der Waals surface area contributed by atoms with Gasteiger partial charge in [-0.3, -0.25) is 5.32 Å². The molecule has 0 heterocycles. The predicted octanol–water partition coefficient (Wildman–Crippen LogP) is 3.32. The standard InChI is InChI=1S/C17H26N2O3/c1-16(2,3)22-15(20)19-14-9-13(21-4)6-5-12(14)10-17(11-18)7-8-17/h5-6,9H,7-8,10-11,18H2,1-4H3,(H,19,20). The largest absolute Gasteiger partial charge is 0.497 e. The molecule has 5 heteroatoms. The zero-order chi connectivity index (χ0) is 16.4. The second-order valence-electron chi connectivity index (χ2n) is 7.03. The third kappa shape index (κ3) is 4.37. The molecule has 5 nitrogen and oxygen atoms in total. The van der Waals surface area contributed by atoms with Gasteiger partial charge in [-0.1, -0.05) is 6.07 Å². The Kier molecular flexibility index (Phi) is 4.66. The van der Waals surface area contributed by atoms with Crippen LogP contribution in [0.2, 0.25) is 0 Å². The van der Waals surface area contributed by atoms with Crippen molar-refractivity contribution in [1.29, 1.82) is 0 Å². The average Bonchev–Trinajstić information content (AvgIpc) is 3.19. The predicted molar refractivity (Wildman–Crippen MR) is 87.3 cm³/mol. The van der Waals surface area contributed by atoms with Crippen LogP contribution in [0, 0.1) is 5.41 Å². The van der Waals surface area contributed by atoms with Crippen molar-refractivity contribution in [1.82, 2.24) is 0 Å². The molecule has 1 aliphatic rings. The molecule has 0 aromatic heterocycles. The highest BCUT2D eigenvalue weighted by Crippen LogP contribution is 2.48. The van der Waals surface area contributed by atoms with Gasteiger partial charge in [0.05, 0.1) is 12.8 Å². The zero-order valence-corrected chi connectivity index (χ0v) is 13.9. The molecule has 3 N–H and O–H groups in total. The second-order valence-corrected chi connectivity index (χ2v) is 7.03. The summed E-state index contributed by atoms with van der Waals surface area (Å²) in [5, 5.41) is 2.83. The highest BCUT2D eigenvalue weighted by molar-refractivity contribution is 5.86. The maximum absolute atomic E-state index is 12.0. The minimum absolute atomic E-state index is 0.193. The fourth-order valence-electron chi connectivity index (χ4n) is 2.40. The molecular formula is C17H26N2O3. The summed E-state index contributed by atoms with van der Waals surface area (Å²) in [5.41, 5.74) is 7.33. The fourth-order valence-corrected chi connectivity index (χ4v) is 2.40. The van der Waals surface area contributed by atoms with E-state index >= 15 is 0 Å². The second kappa shape index (κ2) is 6.16. The van der Waals surface area contributed by atoms with Crippen LogP contribution in [0.25, 0.3) is 0 Å². The highest BCUT2D eigenvalue weighted by Gasteiger charge is 2.41. The SMILES string of the molecule is COc1ccc(CC2(CN)CC2)c(NC(=O)OC(C)(C)C)c1. The number of benzene rings is 1. The van der Waals surface area contributed by atoms with Gasteiger partial charge in [0, 0.05) is 6.07 Å². The monoisotopic (exact) mass is 306 g/mol. The lowest BCUT2D eigenvalue weighted by molar-refractivity contribution is 0.0635. The number of nitrogens with one attached hydrogen (secondary N) is 1. The number of ether oxygens (including phenoxy) is 2. The van der Waals surface area contributed by atoms with Gasteiger partial charge in [0.25, 0.3) is 0 Å². The van der Waals surface area contributed by atoms with E-state index in [2.05, 4.69) is 5.32 Å². The van der Waals surface area contributed by atoms with Crippen LogP contribution in [0.1, 0.15) is 39.2 Å². The van der Waals surface area contributed by atoms with Crippen molar-refractivity contribution in [2.24, 2.45) is 11.1 Å². The molecular weight excluding hydrogens is 280 g/mol. The highest BCUT2D eigenvalue weighted by atomic mass is 16.6. The molecule has 122 valence electrons. The molecule has 0 unspecified atom stereocenters. The number of amides is 1. The van der Waals surface area contributed by atoms with Crippen molar-refractivity contribution in [3.8, 4) is 5.75 Å². The number of methoxy groups -OCH3 is 1. The summed E-state index contributed by atoms with van der Waals surface area (Å²) in [6.07, 6.45) is 2.68. The molecule has 2 rings (SSSR count). The quantitative estimate of drug-likeness (QED) is 0.875. The van der Waals surface area contributed by atoms with Crippen LogP contribution in [0.15, 0.2) is 18.2 Å². The van der Waals surface area contributed by atoms with Crippen molar-refractivity contribution in [3.05, 3.63) is 23.8 Å². The van der Waals surface area contributed by atoms with E-state index in [1.54, 1.807) is 7.11 Å². The number of carbonyl (C=O) groups is 1. The van der Waals surface area contributed by atoms with E-state index in [0.717, 1.165) is 30.5 Å². The van der Waals surface area contributed by atoms with Gasteiger partial charge in [-0.05, 0) is 63.6 Å². The van der Waals surface area contributed by atoms with Gasteiger partial charge in [-0.25, -0.2) is 4.79 Å².